The van der Waals surface area contributed by atoms with Crippen LogP contribution in [0.2, 0.25) is 0 Å². The molecule has 1 heterocycles. The van der Waals surface area contributed by atoms with Gasteiger partial charge in [-0.05, 0) is 54.6 Å². The van der Waals surface area contributed by atoms with Crippen LogP contribution in [0.1, 0.15) is 59.8 Å². The van der Waals surface area contributed by atoms with Crippen molar-refractivity contribution in [2.24, 2.45) is 22.7 Å². The molecule has 1 saturated heterocycles. The molecule has 0 aromatic carbocycles. The van der Waals surface area contributed by atoms with Crippen molar-refractivity contribution in [1.29, 1.82) is 0 Å². The number of carbonyl (C=O) groups is 1. The molecule has 0 N–H and O–H groups in total. The fourth-order valence-corrected chi connectivity index (χ4v) is 5.06. The van der Waals surface area contributed by atoms with Crippen molar-refractivity contribution < 1.29 is 9.53 Å². The number of hydrogen-bond donors (Lipinski definition) is 0. The van der Waals surface area contributed by atoms with E-state index in [0.29, 0.717) is 17.9 Å². The molecular weight excluding hydrogens is 260 g/mol. The highest BCUT2D eigenvalue weighted by Gasteiger charge is 2.47. The molecular formula is C19H28O2. The summed E-state index contributed by atoms with van der Waals surface area (Å²) in [6, 6.07) is 0. The van der Waals surface area contributed by atoms with Gasteiger partial charge in [-0.15, -0.1) is 0 Å². The number of carbonyl (C=O) groups excluding carboxylic acids is 1. The molecule has 21 heavy (non-hydrogen) atoms. The van der Waals surface area contributed by atoms with Crippen LogP contribution in [0, 0.1) is 22.7 Å². The minimum atomic E-state index is -0.00290. The van der Waals surface area contributed by atoms with Gasteiger partial charge in [-0.3, -0.25) is 4.79 Å². The predicted molar refractivity (Wildman–Crippen MR) is 84.8 cm³/mol. The molecule has 0 bridgehead atoms. The quantitative estimate of drug-likeness (QED) is 0.656. The van der Waals surface area contributed by atoms with Crippen LogP contribution in [0.15, 0.2) is 23.3 Å². The molecule has 2 heteroatoms. The summed E-state index contributed by atoms with van der Waals surface area (Å²) in [6.07, 6.45) is 10.6. The van der Waals surface area contributed by atoms with Gasteiger partial charge >= 0.3 is 5.97 Å². The van der Waals surface area contributed by atoms with Gasteiger partial charge < -0.3 is 4.74 Å². The Kier molecular flexibility index (Phi) is 3.54. The van der Waals surface area contributed by atoms with Crippen LogP contribution in [0.4, 0.5) is 0 Å². The molecule has 3 aliphatic rings. The number of esters is 1. The van der Waals surface area contributed by atoms with Crippen LogP contribution in [0.3, 0.4) is 0 Å². The van der Waals surface area contributed by atoms with Gasteiger partial charge in [-0.25, -0.2) is 0 Å². The summed E-state index contributed by atoms with van der Waals surface area (Å²) in [4.78, 5) is 12.1. The van der Waals surface area contributed by atoms with Gasteiger partial charge in [0.15, 0.2) is 0 Å². The first-order chi connectivity index (χ1) is 9.86. The third-order valence-electron chi connectivity index (χ3n) is 5.85. The van der Waals surface area contributed by atoms with Gasteiger partial charge in [0.25, 0.3) is 0 Å². The number of cyclic esters (lactones) is 1. The lowest BCUT2D eigenvalue weighted by molar-refractivity contribution is -0.140. The lowest BCUT2D eigenvalue weighted by Gasteiger charge is -2.46. The van der Waals surface area contributed by atoms with E-state index in [1.807, 2.05) is 0 Å². The highest BCUT2D eigenvalue weighted by molar-refractivity contribution is 5.80. The van der Waals surface area contributed by atoms with Crippen LogP contribution in [-0.4, -0.2) is 12.6 Å². The van der Waals surface area contributed by atoms with Gasteiger partial charge in [-0.2, -0.15) is 0 Å². The van der Waals surface area contributed by atoms with Crippen molar-refractivity contribution in [3.8, 4) is 0 Å². The smallest absolute Gasteiger partial charge is 0.313 e. The van der Waals surface area contributed by atoms with Crippen LogP contribution in [0.5, 0.6) is 0 Å². The monoisotopic (exact) mass is 288 g/mol. The molecule has 0 amide bonds. The molecule has 2 fully saturated rings. The summed E-state index contributed by atoms with van der Waals surface area (Å²) in [5, 5.41) is 0. The fraction of sp³-hybridized carbons (Fsp3) is 0.737. The third-order valence-corrected chi connectivity index (χ3v) is 5.85. The minimum Gasteiger partial charge on any atom is -0.465 e. The average molecular weight is 288 g/mol. The van der Waals surface area contributed by atoms with E-state index in [-0.39, 0.29) is 17.3 Å². The van der Waals surface area contributed by atoms with Crippen LogP contribution >= 0.6 is 0 Å². The van der Waals surface area contributed by atoms with E-state index in [1.54, 1.807) is 0 Å². The highest BCUT2D eigenvalue weighted by Crippen LogP contribution is 2.55. The second-order valence-corrected chi connectivity index (χ2v) is 8.22. The van der Waals surface area contributed by atoms with Crippen LogP contribution in [-0.2, 0) is 9.53 Å². The summed E-state index contributed by atoms with van der Waals surface area (Å²) in [7, 11) is 0. The minimum absolute atomic E-state index is 0.00244. The first kappa shape index (κ1) is 14.9. The number of ether oxygens (including phenoxy) is 1. The lowest BCUT2D eigenvalue weighted by atomic mass is 9.58. The Hall–Kier alpha value is -1.05. The summed E-state index contributed by atoms with van der Waals surface area (Å²) >= 11 is 0. The van der Waals surface area contributed by atoms with E-state index in [4.69, 9.17) is 4.74 Å². The van der Waals surface area contributed by atoms with Gasteiger partial charge in [0.05, 0.1) is 12.5 Å². The second kappa shape index (κ2) is 5.00. The Morgan fingerprint density at radius 3 is 2.71 bits per heavy atom. The van der Waals surface area contributed by atoms with E-state index in [9.17, 15) is 4.79 Å². The normalized spacial score (nSPS) is 40.7. The van der Waals surface area contributed by atoms with E-state index < -0.39 is 0 Å². The summed E-state index contributed by atoms with van der Waals surface area (Å²) < 4.78 is 5.33. The van der Waals surface area contributed by atoms with Crippen LogP contribution in [0.25, 0.3) is 0 Å². The van der Waals surface area contributed by atoms with E-state index in [1.165, 1.54) is 36.8 Å². The number of rotatable bonds is 1. The zero-order valence-electron chi connectivity index (χ0n) is 13.9. The molecule has 0 radical (unpaired) electrons. The fourth-order valence-electron chi connectivity index (χ4n) is 5.06. The molecule has 116 valence electrons. The Balaban J connectivity index is 1.96. The van der Waals surface area contributed by atoms with E-state index in [0.717, 1.165) is 6.42 Å². The number of allylic oxidation sites excluding steroid dienone is 3. The Bertz CT molecular complexity index is 512. The zero-order chi connectivity index (χ0) is 15.3. The van der Waals surface area contributed by atoms with Gasteiger partial charge in [0.2, 0.25) is 0 Å². The SMILES string of the molecule is CC=C1C(C2(C)CCCC(C)(C)C2)=CCC2COC(=O)C12. The molecule has 3 rings (SSSR count). The second-order valence-electron chi connectivity index (χ2n) is 8.22. The van der Waals surface area contributed by atoms with Gasteiger partial charge in [0.1, 0.15) is 0 Å². The van der Waals surface area contributed by atoms with Crippen LogP contribution < -0.4 is 0 Å². The van der Waals surface area contributed by atoms with Crippen molar-refractivity contribution in [2.75, 3.05) is 6.61 Å². The zero-order valence-corrected chi connectivity index (χ0v) is 13.9. The Labute approximate surface area is 128 Å². The summed E-state index contributed by atoms with van der Waals surface area (Å²) in [5.41, 5.74) is 3.32. The maximum absolute atomic E-state index is 12.1. The molecule has 2 aliphatic carbocycles. The molecule has 0 aromatic rings. The predicted octanol–water partition coefficient (Wildman–Crippen LogP) is 4.66. The number of hydrogen-bond acceptors (Lipinski definition) is 2. The first-order valence-electron chi connectivity index (χ1n) is 8.40. The largest absolute Gasteiger partial charge is 0.465 e. The van der Waals surface area contributed by atoms with E-state index >= 15 is 0 Å². The van der Waals surface area contributed by atoms with E-state index in [2.05, 4.69) is 39.8 Å². The molecule has 1 aliphatic heterocycles. The van der Waals surface area contributed by atoms with Crippen molar-refractivity contribution in [1.82, 2.24) is 0 Å². The molecule has 1 saturated carbocycles. The van der Waals surface area contributed by atoms with Gasteiger partial charge in [-0.1, -0.05) is 39.3 Å². The molecule has 3 unspecified atom stereocenters. The van der Waals surface area contributed by atoms with Crippen molar-refractivity contribution >= 4 is 5.97 Å². The standard InChI is InChI=1S/C19H28O2/c1-5-14-15(8-7-13-11-21-17(20)16(13)14)19(4)10-6-9-18(2,3)12-19/h5,8,13,16H,6-7,9-12H2,1-4H3. The van der Waals surface area contributed by atoms with Gasteiger partial charge in [0, 0.05) is 5.92 Å². The molecule has 3 atom stereocenters. The topological polar surface area (TPSA) is 26.3 Å². The maximum Gasteiger partial charge on any atom is 0.313 e. The van der Waals surface area contributed by atoms with Crippen molar-refractivity contribution in [2.45, 2.75) is 59.8 Å². The van der Waals surface area contributed by atoms with Crippen molar-refractivity contribution in [3.63, 3.8) is 0 Å². The molecule has 0 aromatic heterocycles. The number of fused-ring (bicyclic) bond motifs is 1. The van der Waals surface area contributed by atoms with Crippen molar-refractivity contribution in [3.05, 3.63) is 23.3 Å². The first-order valence-corrected chi connectivity index (χ1v) is 8.40. The summed E-state index contributed by atoms with van der Waals surface area (Å²) in [6.45, 7) is 9.86. The Morgan fingerprint density at radius 2 is 2.05 bits per heavy atom. The highest BCUT2D eigenvalue weighted by atomic mass is 16.5. The molecule has 0 spiro atoms. The summed E-state index contributed by atoms with van der Waals surface area (Å²) in [5.74, 6) is 0.363. The third kappa shape index (κ3) is 2.47. The maximum atomic E-state index is 12.1. The average Bonchev–Trinajstić information content (AvgIpc) is 2.78. The molecule has 2 nitrogen and oxygen atoms in total. The lowest BCUT2D eigenvalue weighted by Crippen LogP contribution is -2.36. The Morgan fingerprint density at radius 1 is 1.29 bits per heavy atom.